The molecule has 1 aromatic heterocycles. The number of halogens is 1. The Morgan fingerprint density at radius 2 is 2.07 bits per heavy atom. The highest BCUT2D eigenvalue weighted by Gasteiger charge is 2.23. The SMILES string of the molecule is Cc1ccc([N+](=O)[O-])cc1-n1nc(Cc2ccccc2F)c2c1NCCCC2. The van der Waals surface area contributed by atoms with Gasteiger partial charge in [0.25, 0.3) is 5.69 Å². The molecule has 0 atom stereocenters. The van der Waals surface area contributed by atoms with Crippen molar-refractivity contribution in [2.75, 3.05) is 11.9 Å². The predicted molar refractivity (Wildman–Crippen MR) is 106 cm³/mol. The number of hydrogen-bond donors (Lipinski definition) is 1. The Bertz CT molecular complexity index is 1040. The molecule has 144 valence electrons. The van der Waals surface area contributed by atoms with E-state index in [1.54, 1.807) is 28.9 Å². The minimum atomic E-state index is -0.404. The van der Waals surface area contributed by atoms with Crippen LogP contribution in [0.15, 0.2) is 42.5 Å². The lowest BCUT2D eigenvalue weighted by atomic mass is 10.0. The zero-order valence-corrected chi connectivity index (χ0v) is 15.6. The van der Waals surface area contributed by atoms with Crippen LogP contribution in [0.25, 0.3) is 5.69 Å². The smallest absolute Gasteiger partial charge is 0.271 e. The molecule has 1 aliphatic rings. The maximum absolute atomic E-state index is 14.2. The summed E-state index contributed by atoms with van der Waals surface area (Å²) in [5.74, 6) is 0.603. The molecule has 1 aliphatic heterocycles. The molecule has 0 fully saturated rings. The summed E-state index contributed by atoms with van der Waals surface area (Å²) in [4.78, 5) is 10.8. The molecule has 2 aromatic carbocycles. The van der Waals surface area contributed by atoms with Crippen molar-refractivity contribution in [1.29, 1.82) is 0 Å². The molecular formula is C21H21FN4O2. The maximum atomic E-state index is 14.2. The second-order valence-electron chi connectivity index (χ2n) is 7.07. The highest BCUT2D eigenvalue weighted by Crippen LogP contribution is 2.32. The van der Waals surface area contributed by atoms with Crippen LogP contribution in [-0.2, 0) is 12.8 Å². The number of aryl methyl sites for hydroxylation is 1. The lowest BCUT2D eigenvalue weighted by Crippen LogP contribution is -2.08. The monoisotopic (exact) mass is 380 g/mol. The molecule has 0 radical (unpaired) electrons. The first-order chi connectivity index (χ1) is 13.5. The van der Waals surface area contributed by atoms with Crippen LogP contribution in [-0.4, -0.2) is 21.2 Å². The third kappa shape index (κ3) is 3.35. The first kappa shape index (κ1) is 18.2. The van der Waals surface area contributed by atoms with Crippen molar-refractivity contribution in [1.82, 2.24) is 9.78 Å². The predicted octanol–water partition coefficient (Wildman–Crippen LogP) is 4.57. The van der Waals surface area contributed by atoms with Crippen LogP contribution in [0.2, 0.25) is 0 Å². The van der Waals surface area contributed by atoms with E-state index in [0.29, 0.717) is 17.7 Å². The number of anilines is 1. The third-order valence-electron chi connectivity index (χ3n) is 5.16. The number of nitrogens with zero attached hydrogens (tertiary/aromatic N) is 3. The third-order valence-corrected chi connectivity index (χ3v) is 5.16. The first-order valence-corrected chi connectivity index (χ1v) is 9.38. The van der Waals surface area contributed by atoms with Crippen molar-refractivity contribution in [2.45, 2.75) is 32.6 Å². The van der Waals surface area contributed by atoms with Gasteiger partial charge in [-0.3, -0.25) is 10.1 Å². The quantitative estimate of drug-likeness (QED) is 0.532. The molecule has 6 nitrogen and oxygen atoms in total. The molecule has 0 unspecified atom stereocenters. The van der Waals surface area contributed by atoms with Gasteiger partial charge in [0.1, 0.15) is 11.6 Å². The number of benzene rings is 2. The van der Waals surface area contributed by atoms with Crippen molar-refractivity contribution in [2.24, 2.45) is 0 Å². The van der Waals surface area contributed by atoms with Crippen molar-refractivity contribution in [3.63, 3.8) is 0 Å². The number of nitro benzene ring substituents is 1. The average molecular weight is 380 g/mol. The van der Waals surface area contributed by atoms with Gasteiger partial charge in [0.05, 0.1) is 16.3 Å². The molecule has 0 saturated carbocycles. The zero-order valence-electron chi connectivity index (χ0n) is 15.6. The summed E-state index contributed by atoms with van der Waals surface area (Å²) < 4.78 is 15.9. The normalized spacial score (nSPS) is 13.5. The molecule has 0 bridgehead atoms. The maximum Gasteiger partial charge on any atom is 0.271 e. The fourth-order valence-corrected chi connectivity index (χ4v) is 3.65. The van der Waals surface area contributed by atoms with E-state index in [9.17, 15) is 14.5 Å². The van der Waals surface area contributed by atoms with Gasteiger partial charge in [-0.15, -0.1) is 0 Å². The van der Waals surface area contributed by atoms with Crippen LogP contribution in [0.3, 0.4) is 0 Å². The van der Waals surface area contributed by atoms with E-state index in [2.05, 4.69) is 5.32 Å². The van der Waals surface area contributed by atoms with E-state index < -0.39 is 4.92 Å². The summed E-state index contributed by atoms with van der Waals surface area (Å²) in [5, 5.41) is 19.4. The molecule has 28 heavy (non-hydrogen) atoms. The largest absolute Gasteiger partial charge is 0.370 e. The molecular weight excluding hydrogens is 359 g/mol. The molecule has 1 N–H and O–H groups in total. The number of rotatable bonds is 4. The van der Waals surface area contributed by atoms with Crippen LogP contribution in [0.1, 0.15) is 35.2 Å². The van der Waals surface area contributed by atoms with Gasteiger partial charge in [0.15, 0.2) is 0 Å². The van der Waals surface area contributed by atoms with Crippen molar-refractivity contribution in [3.05, 3.63) is 80.8 Å². The Kier molecular flexibility index (Phi) is 4.81. The molecule has 2 heterocycles. The number of non-ortho nitro benzene ring substituents is 1. The number of fused-ring (bicyclic) bond motifs is 1. The number of nitro groups is 1. The fourth-order valence-electron chi connectivity index (χ4n) is 3.65. The van der Waals surface area contributed by atoms with E-state index in [1.165, 1.54) is 12.1 Å². The van der Waals surface area contributed by atoms with E-state index >= 15 is 0 Å². The minimum Gasteiger partial charge on any atom is -0.370 e. The molecule has 0 saturated heterocycles. The van der Waals surface area contributed by atoms with Crippen LogP contribution >= 0.6 is 0 Å². The second-order valence-corrected chi connectivity index (χ2v) is 7.07. The Hall–Kier alpha value is -3.22. The highest BCUT2D eigenvalue weighted by molar-refractivity contribution is 5.58. The Morgan fingerprint density at radius 1 is 1.25 bits per heavy atom. The van der Waals surface area contributed by atoms with Gasteiger partial charge in [0, 0.05) is 30.7 Å². The fraction of sp³-hybridized carbons (Fsp3) is 0.286. The van der Waals surface area contributed by atoms with E-state index in [-0.39, 0.29) is 11.5 Å². The molecule has 3 aromatic rings. The van der Waals surface area contributed by atoms with Gasteiger partial charge in [-0.25, -0.2) is 9.07 Å². The standard InChI is InChI=1S/C21H21FN4O2/c1-14-9-10-16(26(27)28)13-20(14)25-21-17(7-4-5-11-23-21)19(24-25)12-15-6-2-3-8-18(15)22/h2-3,6,8-10,13,23H,4-5,7,11-12H2,1H3. The number of nitrogens with one attached hydrogen (secondary N) is 1. The van der Waals surface area contributed by atoms with Crippen LogP contribution < -0.4 is 5.32 Å². The molecule has 7 heteroatoms. The van der Waals surface area contributed by atoms with Gasteiger partial charge in [-0.2, -0.15) is 5.10 Å². The molecule has 4 rings (SSSR count). The van der Waals surface area contributed by atoms with Crippen molar-refractivity contribution >= 4 is 11.5 Å². The van der Waals surface area contributed by atoms with E-state index in [0.717, 1.165) is 48.4 Å². The first-order valence-electron chi connectivity index (χ1n) is 9.38. The van der Waals surface area contributed by atoms with Crippen molar-refractivity contribution < 1.29 is 9.31 Å². The van der Waals surface area contributed by atoms with Crippen LogP contribution in [0.5, 0.6) is 0 Å². The van der Waals surface area contributed by atoms with Crippen LogP contribution in [0.4, 0.5) is 15.9 Å². The van der Waals surface area contributed by atoms with Gasteiger partial charge in [-0.05, 0) is 43.4 Å². The van der Waals surface area contributed by atoms with Gasteiger partial charge in [-0.1, -0.05) is 24.3 Å². The number of hydrogen-bond acceptors (Lipinski definition) is 4. The molecule has 0 aliphatic carbocycles. The lowest BCUT2D eigenvalue weighted by molar-refractivity contribution is -0.384. The lowest BCUT2D eigenvalue weighted by Gasteiger charge is -2.11. The van der Waals surface area contributed by atoms with Crippen molar-refractivity contribution in [3.8, 4) is 5.69 Å². The average Bonchev–Trinajstić information content (AvgIpc) is 2.85. The molecule has 0 spiro atoms. The number of aromatic nitrogens is 2. The summed E-state index contributed by atoms with van der Waals surface area (Å²) in [7, 11) is 0. The van der Waals surface area contributed by atoms with Gasteiger partial charge >= 0.3 is 0 Å². The minimum absolute atomic E-state index is 0.0223. The Labute approximate surface area is 162 Å². The molecule has 0 amide bonds. The summed E-state index contributed by atoms with van der Waals surface area (Å²) in [6, 6.07) is 11.5. The highest BCUT2D eigenvalue weighted by atomic mass is 19.1. The van der Waals surface area contributed by atoms with E-state index in [4.69, 9.17) is 5.10 Å². The van der Waals surface area contributed by atoms with Gasteiger partial charge in [0.2, 0.25) is 0 Å². The summed E-state index contributed by atoms with van der Waals surface area (Å²) >= 11 is 0. The van der Waals surface area contributed by atoms with Gasteiger partial charge < -0.3 is 5.32 Å². The van der Waals surface area contributed by atoms with E-state index in [1.807, 2.05) is 13.0 Å². The Balaban J connectivity index is 1.85. The zero-order chi connectivity index (χ0) is 19.7. The summed E-state index contributed by atoms with van der Waals surface area (Å²) in [6.07, 6.45) is 3.28. The summed E-state index contributed by atoms with van der Waals surface area (Å²) in [6.45, 7) is 2.71. The Morgan fingerprint density at radius 3 is 2.86 bits per heavy atom. The topological polar surface area (TPSA) is 73.0 Å². The van der Waals surface area contributed by atoms with Crippen LogP contribution in [0, 0.1) is 22.9 Å². The second kappa shape index (κ2) is 7.42. The summed E-state index contributed by atoms with van der Waals surface area (Å²) in [5.41, 5.74) is 4.04.